The number of amides is 6. The summed E-state index contributed by atoms with van der Waals surface area (Å²) in [5, 5.41) is 11.3. The first-order valence-corrected chi connectivity index (χ1v) is 28.3. The fourth-order valence-electron chi connectivity index (χ4n) is 10.7. The number of aromatic nitrogens is 1. The van der Waals surface area contributed by atoms with Gasteiger partial charge in [-0.05, 0) is 63.3 Å². The molecule has 5 heterocycles. The Morgan fingerprint density at radius 1 is 0.960 bits per heavy atom. The van der Waals surface area contributed by atoms with E-state index in [1.807, 2.05) is 55.3 Å². The number of rotatable bonds is 20. The van der Waals surface area contributed by atoms with Gasteiger partial charge in [0.2, 0.25) is 11.8 Å². The molecule has 3 unspecified atom stereocenters. The molecule has 4 aliphatic heterocycles. The van der Waals surface area contributed by atoms with E-state index < -0.39 is 28.3 Å². The fraction of sp³-hybridized carbons (Fsp3) is 0.519. The van der Waals surface area contributed by atoms with E-state index in [0.29, 0.717) is 72.9 Å². The summed E-state index contributed by atoms with van der Waals surface area (Å²) in [5.74, 6) is -0.538. The molecular formula is C52H64B2FN9O9S2. The van der Waals surface area contributed by atoms with Crippen molar-refractivity contribution in [2.45, 2.75) is 113 Å². The molecule has 1 aromatic heterocycles. The van der Waals surface area contributed by atoms with E-state index in [9.17, 15) is 28.8 Å². The molecule has 2 aliphatic carbocycles. The Bertz CT molecular complexity index is 2690. The van der Waals surface area contributed by atoms with Gasteiger partial charge in [-0.2, -0.15) is 5.10 Å². The Morgan fingerprint density at radius 2 is 1.75 bits per heavy atom. The number of nitrogens with one attached hydrogen (secondary N) is 3. The molecule has 0 bridgehead atoms. The summed E-state index contributed by atoms with van der Waals surface area (Å²) in [6.07, 6.45) is 8.81. The molecule has 75 heavy (non-hydrogen) atoms. The van der Waals surface area contributed by atoms with E-state index >= 15 is 4.39 Å². The Hall–Kier alpha value is -5.93. The Balaban J connectivity index is 0.618. The maximum atomic E-state index is 15.3. The zero-order valence-electron chi connectivity index (χ0n) is 42.8. The minimum atomic E-state index is -0.663. The number of aryl methyl sites for hydroxylation is 1. The van der Waals surface area contributed by atoms with E-state index in [1.165, 1.54) is 6.07 Å². The molecule has 3 saturated heterocycles. The first-order chi connectivity index (χ1) is 36.1. The number of hydrogen-bond donors (Lipinski definition) is 3. The van der Waals surface area contributed by atoms with Crippen LogP contribution in [0.25, 0.3) is 0 Å². The molecule has 3 atom stereocenters. The van der Waals surface area contributed by atoms with Crippen LogP contribution < -0.4 is 20.8 Å². The summed E-state index contributed by atoms with van der Waals surface area (Å²) < 4.78 is 26.8. The number of benzene rings is 2. The van der Waals surface area contributed by atoms with Gasteiger partial charge in [-0.1, -0.05) is 21.6 Å². The standard InChI is InChI=1S/C52H64B2FN9O9S2/c1-51(2,30-42(65)60-59-41-8-3-6-33-28-38(12-13-39(33)41)71-26-5-9-46(69)72-64-44(67)14-15-45(64)68)75-74-27-18-43(66)62-24-22-61(23-25-62)37-16-20-63(21-17-37)50(70)57-32-34-10-11-36(29-40(34)55)58-49-48-47(52(48,53)73-54-49)35-7-4-19-56-31-35/h4,7,10-13,19,28-29,31,37,47-48,58H,3,5-6,8-9,14-18,20-27,30,32,53H2,1-2H3,(H,57,70)(H,60,65)/b59-41+. The van der Waals surface area contributed by atoms with Crippen molar-refractivity contribution in [1.82, 2.24) is 35.5 Å². The quantitative estimate of drug-likeness (QED) is 0.0468. The number of ether oxygens (including phenoxy) is 1. The van der Waals surface area contributed by atoms with Crippen LogP contribution in [-0.4, -0.2) is 155 Å². The number of halogens is 1. The number of likely N-dealkylation sites (tertiary alicyclic amines) is 1. The molecule has 0 radical (unpaired) electrons. The van der Waals surface area contributed by atoms with Gasteiger partial charge in [0.25, 0.3) is 11.8 Å². The van der Waals surface area contributed by atoms with Crippen LogP contribution in [0, 0.1) is 11.7 Å². The normalized spacial score (nSPS) is 22.1. The molecule has 1 saturated carbocycles. The first kappa shape index (κ1) is 53.9. The van der Waals surface area contributed by atoms with Crippen LogP contribution >= 0.6 is 21.6 Å². The Morgan fingerprint density at radius 3 is 2.49 bits per heavy atom. The van der Waals surface area contributed by atoms with Gasteiger partial charge in [-0.25, -0.2) is 10.2 Å². The van der Waals surface area contributed by atoms with E-state index in [1.54, 1.807) is 45.9 Å². The Kier molecular flexibility index (Phi) is 17.2. The summed E-state index contributed by atoms with van der Waals surface area (Å²) >= 11 is 0. The van der Waals surface area contributed by atoms with Crippen molar-refractivity contribution < 1.29 is 47.4 Å². The molecule has 18 nitrogen and oxygen atoms in total. The van der Waals surface area contributed by atoms with Crippen LogP contribution in [0.1, 0.15) is 106 Å². The molecule has 23 heteroatoms. The SMILES string of the molecule is BC12OB=C(Nc3ccc(CNC(=O)N4CCC(N5CCN(C(=O)CCSSC(C)(C)CC(=O)N/N=C6\CCCc7cc(OCCCC(=O)ON8C(=O)CCC8=O)ccc76)CC5)CC4)c(F)c3)C1C2c1cccnc1. The topological polar surface area (TPSA) is 204 Å². The Labute approximate surface area is 446 Å². The summed E-state index contributed by atoms with van der Waals surface area (Å²) in [4.78, 5) is 90.2. The number of pyridine rings is 1. The van der Waals surface area contributed by atoms with Gasteiger partial charge in [0.15, 0.2) is 0 Å². The second kappa shape index (κ2) is 24.0. The van der Waals surface area contributed by atoms with Crippen molar-refractivity contribution in [2.75, 3.05) is 56.9 Å². The van der Waals surface area contributed by atoms with Gasteiger partial charge < -0.3 is 14.5 Å². The van der Waals surface area contributed by atoms with Gasteiger partial charge in [0, 0.05) is 74.0 Å². The molecular weight excluding hydrogens is 999 g/mol. The van der Waals surface area contributed by atoms with Crippen LogP contribution in [0.5, 0.6) is 5.75 Å². The predicted octanol–water partition coefficient (Wildman–Crippen LogP) is 4.54. The number of hydroxylamine groups is 2. The third-order valence-corrected chi connectivity index (χ3v) is 18.1. The molecule has 3 aromatic rings. The second-order valence-corrected chi connectivity index (χ2v) is 23.8. The van der Waals surface area contributed by atoms with Crippen molar-refractivity contribution in [3.8, 4) is 5.75 Å². The van der Waals surface area contributed by atoms with E-state index in [0.717, 1.165) is 73.2 Å². The molecule has 4 fully saturated rings. The van der Waals surface area contributed by atoms with Crippen LogP contribution in [0.2, 0.25) is 0 Å². The number of urea groups is 1. The van der Waals surface area contributed by atoms with Crippen molar-refractivity contribution in [3.63, 3.8) is 0 Å². The fourth-order valence-corrected chi connectivity index (χ4v) is 13.2. The van der Waals surface area contributed by atoms with Gasteiger partial charge in [0.05, 0.1) is 18.7 Å². The van der Waals surface area contributed by atoms with Crippen molar-refractivity contribution >= 4 is 89.2 Å². The van der Waals surface area contributed by atoms with Crippen molar-refractivity contribution in [3.05, 3.63) is 89.0 Å². The third-order valence-electron chi connectivity index (χ3n) is 14.8. The molecule has 396 valence electrons. The van der Waals surface area contributed by atoms with Gasteiger partial charge in [0.1, 0.15) is 5.75 Å². The molecule has 9 rings (SSSR count). The zero-order chi connectivity index (χ0) is 52.7. The minimum absolute atomic E-state index is 0.00319. The van der Waals surface area contributed by atoms with Crippen molar-refractivity contribution in [2.24, 2.45) is 11.0 Å². The number of carbonyl (C=O) groups is 6. The van der Waals surface area contributed by atoms with E-state index in [2.05, 4.69) is 45.0 Å². The van der Waals surface area contributed by atoms with Crippen LogP contribution in [0.4, 0.5) is 14.9 Å². The van der Waals surface area contributed by atoms with Crippen molar-refractivity contribution in [1.29, 1.82) is 0 Å². The first-order valence-electron chi connectivity index (χ1n) is 26.0. The molecule has 0 spiro atoms. The van der Waals surface area contributed by atoms with Crippen LogP contribution in [-0.2, 0) is 46.4 Å². The molecule has 2 aromatic carbocycles. The van der Waals surface area contributed by atoms with E-state index in [4.69, 9.17) is 14.2 Å². The number of piperazine rings is 1. The number of piperidine rings is 1. The summed E-state index contributed by atoms with van der Waals surface area (Å²) in [5.41, 5.74) is 8.30. The number of fused-ring (bicyclic) bond motifs is 2. The third kappa shape index (κ3) is 13.4. The second-order valence-electron chi connectivity index (χ2n) is 20.7. The predicted molar refractivity (Wildman–Crippen MR) is 288 cm³/mol. The van der Waals surface area contributed by atoms with Gasteiger partial charge in [-0.15, -0.1) is 5.06 Å². The average Bonchev–Trinajstić information content (AvgIpc) is 3.80. The van der Waals surface area contributed by atoms with Crippen LogP contribution in [0.3, 0.4) is 0 Å². The molecule has 6 amide bonds. The number of anilines is 1. The summed E-state index contributed by atoms with van der Waals surface area (Å²) in [6, 6.07) is 14.8. The molecule has 3 N–H and O–H groups in total. The number of hydrazone groups is 1. The van der Waals surface area contributed by atoms with Gasteiger partial charge in [-0.3, -0.25) is 24.1 Å². The zero-order valence-corrected chi connectivity index (χ0v) is 44.4. The average molecular weight is 1060 g/mol. The summed E-state index contributed by atoms with van der Waals surface area (Å²) in [6.45, 7) is 8.47. The summed E-state index contributed by atoms with van der Waals surface area (Å²) in [7, 11) is 7.00. The number of nitrogens with zero attached hydrogens (tertiary/aromatic N) is 6. The number of hydrogen-bond acceptors (Lipinski definition) is 15. The number of carbonyl (C=O) groups excluding carboxylic acids is 6. The molecule has 6 aliphatic rings. The van der Waals surface area contributed by atoms with Gasteiger partial charge >= 0.3 is 182 Å². The van der Waals surface area contributed by atoms with Crippen LogP contribution in [0.15, 0.2) is 66.0 Å². The number of imide groups is 1. The monoisotopic (exact) mass is 1060 g/mol. The van der Waals surface area contributed by atoms with E-state index in [-0.39, 0.29) is 74.0 Å². The maximum absolute atomic E-state index is 15.3.